The summed E-state index contributed by atoms with van der Waals surface area (Å²) in [5, 5.41) is 8.94. The maximum atomic E-state index is 12.1. The number of carboxylic acids is 1. The third kappa shape index (κ3) is 8.13. The molecule has 0 radical (unpaired) electrons. The van der Waals surface area contributed by atoms with E-state index < -0.39 is 11.9 Å². The van der Waals surface area contributed by atoms with E-state index >= 15 is 0 Å². The van der Waals surface area contributed by atoms with Gasteiger partial charge in [-0.3, -0.25) is 4.90 Å². The number of hydrogen-bond donors (Lipinski definition) is 1. The molecule has 1 atom stereocenters. The second kappa shape index (κ2) is 10.4. The minimum Gasteiger partial charge on any atom is -0.478 e. The average Bonchev–Trinajstić information content (AvgIpc) is 2.51. The van der Waals surface area contributed by atoms with Crippen LogP contribution < -0.4 is 0 Å². The van der Waals surface area contributed by atoms with Crippen LogP contribution in [0.1, 0.15) is 33.6 Å². The SMILES string of the molecule is CC(C)C(C)COC(=O)/C(=C/C(=O)O)CCCN1CCOCC1. The van der Waals surface area contributed by atoms with E-state index in [1.54, 1.807) is 0 Å². The molecule has 0 aromatic heterocycles. The van der Waals surface area contributed by atoms with E-state index in [4.69, 9.17) is 14.6 Å². The number of carboxylic acid groups (broad SMARTS) is 1. The Morgan fingerprint density at radius 2 is 1.91 bits per heavy atom. The fourth-order valence-electron chi connectivity index (χ4n) is 2.19. The first-order valence-electron chi connectivity index (χ1n) is 8.31. The molecule has 0 saturated carbocycles. The molecule has 0 bridgehead atoms. The zero-order valence-electron chi connectivity index (χ0n) is 14.4. The molecule has 0 spiro atoms. The minimum atomic E-state index is -1.11. The molecule has 1 rings (SSSR count). The number of rotatable bonds is 9. The van der Waals surface area contributed by atoms with Gasteiger partial charge in [-0.05, 0) is 31.2 Å². The van der Waals surface area contributed by atoms with Gasteiger partial charge in [0.2, 0.25) is 0 Å². The molecule has 0 amide bonds. The van der Waals surface area contributed by atoms with E-state index in [1.165, 1.54) is 0 Å². The number of esters is 1. The molecule has 1 fully saturated rings. The topological polar surface area (TPSA) is 76.1 Å². The summed E-state index contributed by atoms with van der Waals surface area (Å²) in [6.07, 6.45) is 2.12. The molecule has 0 aromatic rings. The van der Waals surface area contributed by atoms with E-state index in [0.717, 1.165) is 45.3 Å². The van der Waals surface area contributed by atoms with Crippen LogP contribution >= 0.6 is 0 Å². The molecule has 6 heteroatoms. The van der Waals surface area contributed by atoms with Gasteiger partial charge in [0.25, 0.3) is 0 Å². The molecule has 0 aliphatic carbocycles. The normalized spacial score (nSPS) is 18.0. The highest BCUT2D eigenvalue weighted by Crippen LogP contribution is 2.13. The number of ether oxygens (including phenoxy) is 2. The van der Waals surface area contributed by atoms with Crippen LogP contribution in [0.4, 0.5) is 0 Å². The lowest BCUT2D eigenvalue weighted by atomic mass is 9.99. The molecule has 6 nitrogen and oxygen atoms in total. The first-order chi connectivity index (χ1) is 10.9. The van der Waals surface area contributed by atoms with Crippen molar-refractivity contribution in [1.82, 2.24) is 4.90 Å². The van der Waals surface area contributed by atoms with Crippen LogP contribution in [0.15, 0.2) is 11.6 Å². The first kappa shape index (κ1) is 19.6. The number of aliphatic carboxylic acids is 1. The van der Waals surface area contributed by atoms with Crippen LogP contribution in [0, 0.1) is 11.8 Å². The summed E-state index contributed by atoms with van der Waals surface area (Å²) < 4.78 is 10.6. The third-order valence-corrected chi connectivity index (χ3v) is 4.20. The molecule has 1 saturated heterocycles. The Balaban J connectivity index is 2.45. The van der Waals surface area contributed by atoms with Crippen LogP contribution in [0.25, 0.3) is 0 Å². The summed E-state index contributed by atoms with van der Waals surface area (Å²) >= 11 is 0. The largest absolute Gasteiger partial charge is 0.478 e. The van der Waals surface area contributed by atoms with Crippen LogP contribution in [-0.4, -0.2) is 61.4 Å². The van der Waals surface area contributed by atoms with Crippen molar-refractivity contribution in [3.63, 3.8) is 0 Å². The monoisotopic (exact) mass is 327 g/mol. The molecular weight excluding hydrogens is 298 g/mol. The van der Waals surface area contributed by atoms with E-state index in [0.29, 0.717) is 18.9 Å². The zero-order valence-corrected chi connectivity index (χ0v) is 14.4. The van der Waals surface area contributed by atoms with Crippen molar-refractivity contribution in [3.8, 4) is 0 Å². The van der Waals surface area contributed by atoms with Gasteiger partial charge in [-0.1, -0.05) is 20.8 Å². The predicted molar refractivity (Wildman–Crippen MR) is 87.2 cm³/mol. The lowest BCUT2D eigenvalue weighted by molar-refractivity contribution is -0.141. The van der Waals surface area contributed by atoms with Crippen molar-refractivity contribution in [1.29, 1.82) is 0 Å². The van der Waals surface area contributed by atoms with Gasteiger partial charge in [0, 0.05) is 24.7 Å². The lowest BCUT2D eigenvalue weighted by Gasteiger charge is -2.26. The predicted octanol–water partition coefficient (Wildman–Crippen LogP) is 1.95. The standard InChI is InChI=1S/C17H29NO5/c1-13(2)14(3)12-23-17(21)15(11-16(19)20)5-4-6-18-7-9-22-10-8-18/h11,13-14H,4-10,12H2,1-3H3,(H,19,20)/b15-11+. The summed E-state index contributed by atoms with van der Waals surface area (Å²) in [6, 6.07) is 0. The van der Waals surface area contributed by atoms with Gasteiger partial charge in [-0.2, -0.15) is 0 Å². The van der Waals surface area contributed by atoms with Crippen LogP contribution in [0.2, 0.25) is 0 Å². The number of carbonyl (C=O) groups excluding carboxylic acids is 1. The molecule has 23 heavy (non-hydrogen) atoms. The third-order valence-electron chi connectivity index (χ3n) is 4.20. The van der Waals surface area contributed by atoms with Crippen LogP contribution in [-0.2, 0) is 19.1 Å². The van der Waals surface area contributed by atoms with Gasteiger partial charge >= 0.3 is 11.9 Å². The van der Waals surface area contributed by atoms with E-state index in [1.807, 2.05) is 6.92 Å². The smallest absolute Gasteiger partial charge is 0.334 e. The van der Waals surface area contributed by atoms with Crippen LogP contribution in [0.5, 0.6) is 0 Å². The van der Waals surface area contributed by atoms with E-state index in [9.17, 15) is 9.59 Å². The summed E-state index contributed by atoms with van der Waals surface area (Å²) in [6.45, 7) is 10.5. The van der Waals surface area contributed by atoms with Gasteiger partial charge in [0.05, 0.1) is 19.8 Å². The van der Waals surface area contributed by atoms with Crippen molar-refractivity contribution >= 4 is 11.9 Å². The summed E-state index contributed by atoms with van der Waals surface area (Å²) in [5.74, 6) is -0.962. The highest BCUT2D eigenvalue weighted by atomic mass is 16.5. The second-order valence-corrected chi connectivity index (χ2v) is 6.39. The molecule has 1 aliphatic heterocycles. The quantitative estimate of drug-likeness (QED) is 0.515. The summed E-state index contributed by atoms with van der Waals surface area (Å²) in [5.41, 5.74) is 0.238. The fourth-order valence-corrected chi connectivity index (χ4v) is 2.19. The molecule has 1 aliphatic rings. The van der Waals surface area contributed by atoms with Crippen molar-refractivity contribution in [2.45, 2.75) is 33.6 Å². The summed E-state index contributed by atoms with van der Waals surface area (Å²) in [4.78, 5) is 25.3. The maximum absolute atomic E-state index is 12.1. The Labute approximate surface area is 138 Å². The highest BCUT2D eigenvalue weighted by molar-refractivity contribution is 5.95. The van der Waals surface area contributed by atoms with Gasteiger partial charge in [-0.25, -0.2) is 9.59 Å². The first-order valence-corrected chi connectivity index (χ1v) is 8.31. The molecule has 1 unspecified atom stereocenters. The van der Waals surface area contributed by atoms with Crippen molar-refractivity contribution in [2.75, 3.05) is 39.5 Å². The maximum Gasteiger partial charge on any atom is 0.334 e. The Morgan fingerprint density at radius 1 is 1.26 bits per heavy atom. The summed E-state index contributed by atoms with van der Waals surface area (Å²) in [7, 11) is 0. The molecule has 0 aromatic carbocycles. The second-order valence-electron chi connectivity index (χ2n) is 6.39. The Hall–Kier alpha value is -1.40. The number of hydrogen-bond acceptors (Lipinski definition) is 5. The lowest BCUT2D eigenvalue weighted by Crippen LogP contribution is -2.36. The van der Waals surface area contributed by atoms with Gasteiger partial charge < -0.3 is 14.6 Å². The minimum absolute atomic E-state index is 0.238. The van der Waals surface area contributed by atoms with Crippen LogP contribution in [0.3, 0.4) is 0 Å². The number of morpholine rings is 1. The molecule has 1 N–H and O–H groups in total. The number of carbonyl (C=O) groups is 2. The van der Waals surface area contributed by atoms with Gasteiger partial charge in [0.1, 0.15) is 0 Å². The Bertz CT molecular complexity index is 413. The Kier molecular flexibility index (Phi) is 8.87. The zero-order chi connectivity index (χ0) is 17.2. The molecule has 132 valence electrons. The van der Waals surface area contributed by atoms with E-state index in [-0.39, 0.29) is 11.5 Å². The van der Waals surface area contributed by atoms with Crippen molar-refractivity contribution in [3.05, 3.63) is 11.6 Å². The van der Waals surface area contributed by atoms with Crippen molar-refractivity contribution < 1.29 is 24.2 Å². The van der Waals surface area contributed by atoms with Gasteiger partial charge in [0.15, 0.2) is 0 Å². The molecule has 1 heterocycles. The van der Waals surface area contributed by atoms with E-state index in [2.05, 4.69) is 18.7 Å². The molecular formula is C17H29NO5. The number of nitrogens with zero attached hydrogens (tertiary/aromatic N) is 1. The fraction of sp³-hybridized carbons (Fsp3) is 0.765. The van der Waals surface area contributed by atoms with Crippen molar-refractivity contribution in [2.24, 2.45) is 11.8 Å². The Morgan fingerprint density at radius 3 is 2.48 bits per heavy atom. The average molecular weight is 327 g/mol. The highest BCUT2D eigenvalue weighted by Gasteiger charge is 2.17. The van der Waals surface area contributed by atoms with Gasteiger partial charge in [-0.15, -0.1) is 0 Å².